The lowest BCUT2D eigenvalue weighted by Crippen LogP contribution is -2.31. The van der Waals surface area contributed by atoms with Crippen LogP contribution in [0.5, 0.6) is 11.5 Å². The lowest BCUT2D eigenvalue weighted by Gasteiger charge is -2.20. The van der Waals surface area contributed by atoms with Gasteiger partial charge in [0, 0.05) is 39.5 Å². The number of hydrogen-bond donors (Lipinski definition) is 0. The van der Waals surface area contributed by atoms with E-state index in [1.807, 2.05) is 65.2 Å². The minimum atomic E-state index is -0.603. The second-order valence-electron chi connectivity index (χ2n) is 18.2. The van der Waals surface area contributed by atoms with Gasteiger partial charge >= 0.3 is 0 Å². The second kappa shape index (κ2) is 16.6. The van der Waals surface area contributed by atoms with Gasteiger partial charge in [-0.3, -0.25) is 13.7 Å². The third kappa shape index (κ3) is 7.18. The SMILES string of the molecule is [2H]c1c([2H])c([2H])c(-c2cccc(-c3c([2H])c([2H])c([2H])c([2H])c3[2H])c2-[n+]2[c-]n(-c3cccc(Oc4ccc5c6cc(-n7c8c([2H])c([2H])c([2H])c([2H])c8c8c([2H])c(C)c([2H])c([2H])c87)ccc6n(-c6cc(C(C)(C)C)ccn6)c5c4)c3)c3ccccc32)c([2H])c1[2H]. The van der Waals surface area contributed by atoms with Crippen LogP contribution < -0.4 is 9.30 Å². The largest absolute Gasteiger partial charge is 0.458 e. The van der Waals surface area contributed by atoms with E-state index in [1.54, 1.807) is 81.4 Å². The van der Waals surface area contributed by atoms with E-state index in [9.17, 15) is 4.11 Å². The highest BCUT2D eigenvalue weighted by Crippen LogP contribution is 2.40. The Morgan fingerprint density at radius 2 is 1.25 bits per heavy atom. The molecule has 0 aliphatic heterocycles. The molecule has 0 spiro atoms. The van der Waals surface area contributed by atoms with Crippen molar-refractivity contribution in [2.45, 2.75) is 33.1 Å². The van der Waals surface area contributed by atoms with Crippen LogP contribution in [-0.4, -0.2) is 18.7 Å². The third-order valence-electron chi connectivity index (χ3n) is 12.8. The minimum absolute atomic E-state index is 0.0742. The molecule has 0 saturated carbocycles. The Balaban J connectivity index is 0.988. The van der Waals surface area contributed by atoms with E-state index in [0.717, 1.165) is 16.5 Å². The maximum Gasteiger partial charge on any atom is 0.269 e. The van der Waals surface area contributed by atoms with Gasteiger partial charge in [0.1, 0.15) is 17.3 Å². The van der Waals surface area contributed by atoms with Crippen LogP contribution >= 0.6 is 0 Å². The summed E-state index contributed by atoms with van der Waals surface area (Å²) >= 11 is 0. The Kier molecular flexibility index (Phi) is 6.52. The van der Waals surface area contributed by atoms with Gasteiger partial charge in [-0.2, -0.15) is 0 Å². The number of pyridine rings is 1. The van der Waals surface area contributed by atoms with Crippen LogP contribution in [0.4, 0.5) is 0 Å². The van der Waals surface area contributed by atoms with Crippen LogP contribution in [0.3, 0.4) is 0 Å². The highest BCUT2D eigenvalue weighted by molar-refractivity contribution is 6.12. The number of hydrogen-bond acceptors (Lipinski definition) is 2. The number of nitrogens with zero attached hydrogens (tertiary/aromatic N) is 5. The molecule has 0 radical (unpaired) electrons. The molecule has 6 nitrogen and oxygen atoms in total. The molecule has 0 aliphatic carbocycles. The number of fused-ring (bicyclic) bond motifs is 7. The summed E-state index contributed by atoms with van der Waals surface area (Å²) in [4.78, 5) is 4.89. The van der Waals surface area contributed by atoms with Crippen LogP contribution in [0.15, 0.2) is 224 Å². The predicted molar refractivity (Wildman–Crippen MR) is 291 cm³/mol. The highest BCUT2D eigenvalue weighted by Gasteiger charge is 2.22. The monoisotopic (exact) mass is 933 g/mol. The average Bonchev–Trinajstić information content (AvgIpc) is 1.53. The Labute approximate surface area is 436 Å². The minimum Gasteiger partial charge on any atom is -0.458 e. The normalized spacial score (nSPS) is 15.3. The fourth-order valence-electron chi connectivity index (χ4n) is 9.51. The molecule has 0 saturated heterocycles. The summed E-state index contributed by atoms with van der Waals surface area (Å²) < 4.78 is 164. The van der Waals surface area contributed by atoms with Crippen molar-refractivity contribution in [3.63, 3.8) is 0 Å². The molecular weight excluding hydrogens is 867 g/mol. The first-order valence-corrected chi connectivity index (χ1v) is 22.9. The lowest BCUT2D eigenvalue weighted by molar-refractivity contribution is -0.571. The summed E-state index contributed by atoms with van der Waals surface area (Å²) in [6.45, 7) is 7.88. The molecule has 0 fully saturated rings. The maximum absolute atomic E-state index is 9.27. The number of benzene rings is 9. The zero-order chi connectivity index (χ0) is 62.6. The number of imidazole rings is 1. The number of rotatable bonds is 8. The molecule has 4 heterocycles. The van der Waals surface area contributed by atoms with Gasteiger partial charge in [-0.05, 0) is 119 Å². The summed E-state index contributed by atoms with van der Waals surface area (Å²) in [5.74, 6) is 1.41. The van der Waals surface area contributed by atoms with Gasteiger partial charge in [0.2, 0.25) is 0 Å². The summed E-state index contributed by atoms with van der Waals surface area (Å²) in [7, 11) is 0. The van der Waals surface area contributed by atoms with E-state index in [-0.39, 0.29) is 90.9 Å². The van der Waals surface area contributed by atoms with Crippen LogP contribution in [0, 0.1) is 13.3 Å². The molecule has 0 aliphatic rings. The van der Waals surface area contributed by atoms with Crippen molar-refractivity contribution >= 4 is 54.6 Å². The fourth-order valence-corrected chi connectivity index (χ4v) is 9.51. The smallest absolute Gasteiger partial charge is 0.269 e. The van der Waals surface area contributed by atoms with Crippen molar-refractivity contribution in [2.24, 2.45) is 0 Å². The van der Waals surface area contributed by atoms with E-state index in [1.165, 1.54) is 0 Å². The fraction of sp³-hybridized carbons (Fsp3) is 0.0769. The zero-order valence-corrected chi connectivity index (χ0v) is 38.7. The molecule has 4 aromatic heterocycles. The summed E-state index contributed by atoms with van der Waals surface area (Å²) in [6, 6.07) is 26.4. The first-order valence-electron chi connectivity index (χ1n) is 31.4. The van der Waals surface area contributed by atoms with Crippen LogP contribution in [0.2, 0.25) is 0 Å². The summed E-state index contributed by atoms with van der Waals surface area (Å²) in [6.07, 6.45) is 5.18. The van der Waals surface area contributed by atoms with Gasteiger partial charge in [0.25, 0.3) is 6.33 Å². The van der Waals surface area contributed by atoms with Gasteiger partial charge < -0.3 is 9.30 Å². The van der Waals surface area contributed by atoms with Gasteiger partial charge in [0.15, 0.2) is 0 Å². The van der Waals surface area contributed by atoms with E-state index in [2.05, 4.69) is 27.1 Å². The average molecular weight is 933 g/mol. The van der Waals surface area contributed by atoms with Crippen molar-refractivity contribution in [2.75, 3.05) is 0 Å². The van der Waals surface area contributed by atoms with Crippen molar-refractivity contribution in [3.05, 3.63) is 242 Å². The Hall–Kier alpha value is -9.00. The molecule has 9 aromatic carbocycles. The zero-order valence-electron chi connectivity index (χ0n) is 55.7. The van der Waals surface area contributed by atoms with E-state index in [0.29, 0.717) is 50.6 Å². The summed E-state index contributed by atoms with van der Waals surface area (Å²) in [5.41, 5.74) is 4.58. The highest BCUT2D eigenvalue weighted by atomic mass is 16.5. The number of aromatic nitrogens is 5. The van der Waals surface area contributed by atoms with E-state index >= 15 is 0 Å². The molecule has 0 atom stereocenters. The van der Waals surface area contributed by atoms with Crippen molar-refractivity contribution in [3.8, 4) is 56.6 Å². The maximum atomic E-state index is 9.27. The first kappa shape index (κ1) is 27.9. The topological polar surface area (TPSA) is 40.8 Å². The van der Waals surface area contributed by atoms with Crippen LogP contribution in [0.25, 0.3) is 99.8 Å². The van der Waals surface area contributed by atoms with Crippen molar-refractivity contribution in [1.82, 2.24) is 18.7 Å². The third-order valence-corrected chi connectivity index (χ3v) is 12.8. The molecule has 13 rings (SSSR count). The predicted octanol–water partition coefficient (Wildman–Crippen LogP) is 16.0. The van der Waals surface area contributed by atoms with Gasteiger partial charge in [-0.25, -0.2) is 4.98 Å². The van der Waals surface area contributed by atoms with E-state index < -0.39 is 72.5 Å². The molecule has 0 bridgehead atoms. The molecular formula is C65H49N5O. The molecule has 0 N–H and O–H groups in total. The number of para-hydroxylation sites is 4. The van der Waals surface area contributed by atoms with Crippen molar-refractivity contribution < 1.29 is 32.6 Å². The number of ether oxygens (including phenoxy) is 1. The van der Waals surface area contributed by atoms with Crippen LogP contribution in [-0.2, 0) is 5.41 Å². The Morgan fingerprint density at radius 1 is 0.535 bits per heavy atom. The lowest BCUT2D eigenvalue weighted by atomic mass is 9.88. The molecule has 0 unspecified atom stereocenters. The van der Waals surface area contributed by atoms with E-state index in [4.69, 9.17) is 28.9 Å². The van der Waals surface area contributed by atoms with Gasteiger partial charge in [-0.15, -0.1) is 0 Å². The van der Waals surface area contributed by atoms with Gasteiger partial charge in [0.05, 0.1) is 67.8 Å². The quantitative estimate of drug-likeness (QED) is 0.113. The molecule has 71 heavy (non-hydrogen) atoms. The van der Waals surface area contributed by atoms with Crippen LogP contribution in [0.1, 0.15) is 55.2 Å². The molecule has 6 heteroatoms. The first-order chi connectivity index (χ1) is 41.8. The summed E-state index contributed by atoms with van der Waals surface area (Å²) in [5, 5.41) is 1.69. The molecule has 0 amide bonds. The van der Waals surface area contributed by atoms with Crippen molar-refractivity contribution in [1.29, 1.82) is 0 Å². The molecule has 13 aromatic rings. The van der Waals surface area contributed by atoms with Gasteiger partial charge in [-0.1, -0.05) is 159 Å². The Bertz CT molecular complexity index is 5010. The standard InChI is InChI=1S/C65H49N5O/c1-43-29-33-58-55(37-43)53-23-11-12-26-57(53)69(58)48-30-34-59-56(40-48)54-32-31-50(41-62(54)70(59)63-38-46(35-36-66-63)65(2,3)4)71-49-22-15-21-47(39-49)67-42-68(61-28-14-13-27-60(61)67)64-51(44-17-7-5-8-18-44)24-16-25-52(64)45-19-9-6-10-20-45/h5-41H,1-4H3/i5D,6D,7D,8D,9D,10D,11D,12D,17D,18D,19D,20D,23D,26D,29D,33D,37D. The second-order valence-corrected chi connectivity index (χ2v) is 18.2. The Morgan fingerprint density at radius 3 is 2.04 bits per heavy atom. The molecule has 340 valence electrons.